The van der Waals surface area contributed by atoms with Crippen molar-refractivity contribution in [3.63, 3.8) is 0 Å². The average Bonchev–Trinajstić information content (AvgIpc) is 2.75. The van der Waals surface area contributed by atoms with Gasteiger partial charge in [-0.05, 0) is 30.7 Å². The molecular formula is C13H14ClNOS. The van der Waals surface area contributed by atoms with E-state index in [9.17, 15) is 0 Å². The number of rotatable bonds is 3. The molecule has 0 aliphatic heterocycles. The lowest BCUT2D eigenvalue weighted by molar-refractivity contribution is 0.407. The van der Waals surface area contributed by atoms with Crippen LogP contribution in [0.5, 0.6) is 5.75 Å². The van der Waals surface area contributed by atoms with Crippen LogP contribution in [0, 0.1) is 6.92 Å². The van der Waals surface area contributed by atoms with Gasteiger partial charge < -0.3 is 10.5 Å². The molecule has 1 aromatic heterocycles. The van der Waals surface area contributed by atoms with Gasteiger partial charge in [-0.1, -0.05) is 23.7 Å². The fourth-order valence-corrected chi connectivity index (χ4v) is 2.81. The van der Waals surface area contributed by atoms with Crippen molar-refractivity contribution in [1.82, 2.24) is 0 Å². The lowest BCUT2D eigenvalue weighted by atomic mass is 10.0. The highest BCUT2D eigenvalue weighted by Crippen LogP contribution is 2.33. The zero-order valence-electron chi connectivity index (χ0n) is 9.74. The predicted octanol–water partition coefficient (Wildman–Crippen LogP) is 3.77. The maximum Gasteiger partial charge on any atom is 0.124 e. The zero-order valence-corrected chi connectivity index (χ0v) is 11.3. The summed E-state index contributed by atoms with van der Waals surface area (Å²) in [4.78, 5) is 1.04. The summed E-state index contributed by atoms with van der Waals surface area (Å²) < 4.78 is 6.12. The van der Waals surface area contributed by atoms with Gasteiger partial charge in [0.1, 0.15) is 5.75 Å². The third kappa shape index (κ3) is 2.63. The fourth-order valence-electron chi connectivity index (χ4n) is 1.72. The van der Waals surface area contributed by atoms with Crippen LogP contribution >= 0.6 is 22.9 Å². The molecule has 0 saturated heterocycles. The first-order valence-corrected chi connectivity index (χ1v) is 6.46. The average molecular weight is 268 g/mol. The number of thiophene rings is 1. The van der Waals surface area contributed by atoms with E-state index in [2.05, 4.69) is 0 Å². The molecule has 2 rings (SSSR count). The van der Waals surface area contributed by atoms with Crippen LogP contribution in [0.25, 0.3) is 0 Å². The van der Waals surface area contributed by atoms with Crippen molar-refractivity contribution in [2.45, 2.75) is 13.0 Å². The van der Waals surface area contributed by atoms with E-state index in [4.69, 9.17) is 22.1 Å². The van der Waals surface area contributed by atoms with Crippen LogP contribution in [0.4, 0.5) is 0 Å². The number of nitrogens with two attached hydrogens (primary N) is 1. The molecule has 17 heavy (non-hydrogen) atoms. The Morgan fingerprint density at radius 3 is 2.65 bits per heavy atom. The summed E-state index contributed by atoms with van der Waals surface area (Å²) in [5.41, 5.74) is 8.37. The molecule has 0 bridgehead atoms. The second-order valence-corrected chi connectivity index (χ2v) is 5.61. The van der Waals surface area contributed by atoms with E-state index in [1.807, 2.05) is 37.3 Å². The number of hydrogen-bond donors (Lipinski definition) is 1. The summed E-state index contributed by atoms with van der Waals surface area (Å²) in [6.07, 6.45) is 0. The van der Waals surface area contributed by atoms with Gasteiger partial charge in [0.15, 0.2) is 0 Å². The van der Waals surface area contributed by atoms with E-state index in [1.165, 1.54) is 11.3 Å². The highest BCUT2D eigenvalue weighted by atomic mass is 35.5. The molecule has 1 atom stereocenters. The van der Waals surface area contributed by atoms with Crippen LogP contribution in [-0.4, -0.2) is 7.11 Å². The quantitative estimate of drug-likeness (QED) is 0.919. The lowest BCUT2D eigenvalue weighted by Crippen LogP contribution is -2.11. The second kappa shape index (κ2) is 5.08. The predicted molar refractivity (Wildman–Crippen MR) is 73.1 cm³/mol. The molecular weight excluding hydrogens is 254 g/mol. The van der Waals surface area contributed by atoms with Crippen molar-refractivity contribution < 1.29 is 4.74 Å². The highest BCUT2D eigenvalue weighted by molar-refractivity contribution is 7.16. The summed E-state index contributed by atoms with van der Waals surface area (Å²) in [5, 5.41) is 0. The third-order valence-electron chi connectivity index (χ3n) is 2.62. The molecule has 4 heteroatoms. The van der Waals surface area contributed by atoms with E-state index in [0.717, 1.165) is 26.1 Å². The Kier molecular flexibility index (Phi) is 3.72. The van der Waals surface area contributed by atoms with Gasteiger partial charge in [0.2, 0.25) is 0 Å². The van der Waals surface area contributed by atoms with Gasteiger partial charge in [-0.15, -0.1) is 11.3 Å². The smallest absolute Gasteiger partial charge is 0.124 e. The Morgan fingerprint density at radius 1 is 1.29 bits per heavy atom. The molecule has 0 saturated carbocycles. The Hall–Kier alpha value is -1.03. The molecule has 2 aromatic rings. The Balaban J connectivity index is 2.39. The number of methoxy groups -OCH3 is 1. The van der Waals surface area contributed by atoms with Crippen molar-refractivity contribution in [2.75, 3.05) is 7.11 Å². The number of halogens is 1. The minimum atomic E-state index is -0.192. The monoisotopic (exact) mass is 267 g/mol. The second-order valence-electron chi connectivity index (χ2n) is 3.86. The molecule has 1 unspecified atom stereocenters. The van der Waals surface area contributed by atoms with Crippen LogP contribution in [0.1, 0.15) is 22.0 Å². The molecule has 90 valence electrons. The van der Waals surface area contributed by atoms with E-state index in [-0.39, 0.29) is 6.04 Å². The molecule has 0 amide bonds. The molecule has 0 aliphatic rings. The number of benzene rings is 1. The Morgan fingerprint density at radius 2 is 2.06 bits per heavy atom. The first kappa shape index (κ1) is 12.4. The minimum absolute atomic E-state index is 0.192. The van der Waals surface area contributed by atoms with Gasteiger partial charge in [0.25, 0.3) is 0 Å². The van der Waals surface area contributed by atoms with Gasteiger partial charge in [0.05, 0.1) is 17.5 Å². The first-order valence-electron chi connectivity index (χ1n) is 5.27. The van der Waals surface area contributed by atoms with E-state index in [1.54, 1.807) is 7.11 Å². The van der Waals surface area contributed by atoms with Crippen molar-refractivity contribution >= 4 is 22.9 Å². The maximum atomic E-state index is 6.23. The van der Waals surface area contributed by atoms with Gasteiger partial charge in [-0.25, -0.2) is 0 Å². The summed E-state index contributed by atoms with van der Waals surface area (Å²) in [5.74, 6) is 0.821. The summed E-state index contributed by atoms with van der Waals surface area (Å²) >= 11 is 7.42. The van der Waals surface area contributed by atoms with Gasteiger partial charge >= 0.3 is 0 Å². The first-order chi connectivity index (χ1) is 8.11. The summed E-state index contributed by atoms with van der Waals surface area (Å²) in [7, 11) is 1.66. The van der Waals surface area contributed by atoms with Gasteiger partial charge in [0, 0.05) is 10.4 Å². The standard InChI is InChI=1S/C13H14ClNOS/c1-8-3-4-9(10(7-8)16-2)13(15)11-5-6-12(14)17-11/h3-7,13H,15H2,1-2H3. The van der Waals surface area contributed by atoms with Crippen molar-refractivity contribution in [2.24, 2.45) is 5.73 Å². The highest BCUT2D eigenvalue weighted by Gasteiger charge is 2.15. The molecule has 0 radical (unpaired) electrons. The lowest BCUT2D eigenvalue weighted by Gasteiger charge is -2.15. The molecule has 0 fully saturated rings. The van der Waals surface area contributed by atoms with Crippen LogP contribution in [0.3, 0.4) is 0 Å². The molecule has 0 aliphatic carbocycles. The van der Waals surface area contributed by atoms with Crippen LogP contribution < -0.4 is 10.5 Å². The molecule has 1 heterocycles. The Bertz CT molecular complexity index is 524. The topological polar surface area (TPSA) is 35.2 Å². The molecule has 2 nitrogen and oxygen atoms in total. The van der Waals surface area contributed by atoms with E-state index in [0.29, 0.717) is 0 Å². The Labute approximate surface area is 110 Å². The molecule has 2 N–H and O–H groups in total. The zero-order chi connectivity index (χ0) is 12.4. The van der Waals surface area contributed by atoms with Crippen LogP contribution in [-0.2, 0) is 0 Å². The number of hydrogen-bond acceptors (Lipinski definition) is 3. The SMILES string of the molecule is COc1cc(C)ccc1C(N)c1ccc(Cl)s1. The summed E-state index contributed by atoms with van der Waals surface area (Å²) in [6, 6.07) is 9.66. The maximum absolute atomic E-state index is 6.23. The van der Waals surface area contributed by atoms with Gasteiger partial charge in [-0.3, -0.25) is 0 Å². The van der Waals surface area contributed by atoms with Gasteiger partial charge in [-0.2, -0.15) is 0 Å². The van der Waals surface area contributed by atoms with E-state index < -0.39 is 0 Å². The molecule has 1 aromatic carbocycles. The number of ether oxygens (including phenoxy) is 1. The fraction of sp³-hybridized carbons (Fsp3) is 0.231. The van der Waals surface area contributed by atoms with E-state index >= 15 is 0 Å². The summed E-state index contributed by atoms with van der Waals surface area (Å²) in [6.45, 7) is 2.03. The number of aryl methyl sites for hydroxylation is 1. The third-order valence-corrected chi connectivity index (χ3v) is 3.94. The van der Waals surface area contributed by atoms with Crippen molar-refractivity contribution in [3.8, 4) is 5.75 Å². The van der Waals surface area contributed by atoms with Crippen LogP contribution in [0.2, 0.25) is 4.34 Å². The molecule has 0 spiro atoms. The largest absolute Gasteiger partial charge is 0.496 e. The normalized spacial score (nSPS) is 12.5. The van der Waals surface area contributed by atoms with Crippen molar-refractivity contribution in [3.05, 3.63) is 50.7 Å². The van der Waals surface area contributed by atoms with Crippen molar-refractivity contribution in [1.29, 1.82) is 0 Å². The minimum Gasteiger partial charge on any atom is -0.496 e. The van der Waals surface area contributed by atoms with Crippen LogP contribution in [0.15, 0.2) is 30.3 Å².